The number of rotatable bonds is 5. The van der Waals surface area contributed by atoms with Crippen molar-refractivity contribution in [3.63, 3.8) is 0 Å². The third-order valence-electron chi connectivity index (χ3n) is 5.42. The summed E-state index contributed by atoms with van der Waals surface area (Å²) in [6.07, 6.45) is 3.65. The van der Waals surface area contributed by atoms with Gasteiger partial charge in [0.1, 0.15) is 0 Å². The minimum atomic E-state index is 0.0664. The lowest BCUT2D eigenvalue weighted by atomic mass is 10.00. The number of hydrogen-bond donors (Lipinski definition) is 1. The Bertz CT molecular complexity index is 750. The molecule has 1 fully saturated rings. The van der Waals surface area contributed by atoms with Crippen LogP contribution >= 0.6 is 0 Å². The second kappa shape index (κ2) is 8.02. The van der Waals surface area contributed by atoms with Crippen LogP contribution in [0.25, 0.3) is 0 Å². The monoisotopic (exact) mass is 349 g/mol. The van der Waals surface area contributed by atoms with Gasteiger partial charge in [0.15, 0.2) is 0 Å². The largest absolute Gasteiger partial charge is 0.325 e. The second-order valence-corrected chi connectivity index (χ2v) is 7.46. The van der Waals surface area contributed by atoms with Crippen LogP contribution in [0.1, 0.15) is 29.5 Å². The van der Waals surface area contributed by atoms with Crippen LogP contribution in [0.3, 0.4) is 0 Å². The average Bonchev–Trinajstić information content (AvgIpc) is 3.16. The highest BCUT2D eigenvalue weighted by molar-refractivity contribution is 5.92. The van der Waals surface area contributed by atoms with E-state index in [1.807, 2.05) is 12.1 Å². The maximum absolute atomic E-state index is 12.4. The number of amides is 1. The maximum atomic E-state index is 12.4. The molecule has 2 aromatic rings. The van der Waals surface area contributed by atoms with Gasteiger partial charge in [-0.3, -0.25) is 14.6 Å². The van der Waals surface area contributed by atoms with Gasteiger partial charge in [-0.15, -0.1) is 0 Å². The molecular formula is C22H27N3O. The van der Waals surface area contributed by atoms with Gasteiger partial charge >= 0.3 is 0 Å². The smallest absolute Gasteiger partial charge is 0.238 e. The van der Waals surface area contributed by atoms with Crippen LogP contribution in [0.5, 0.6) is 0 Å². The summed E-state index contributed by atoms with van der Waals surface area (Å²) in [4.78, 5) is 17.1. The number of carbonyl (C=O) groups is 1. The molecule has 4 rings (SSSR count). The normalized spacial score (nSPS) is 17.8. The van der Waals surface area contributed by atoms with Gasteiger partial charge < -0.3 is 5.32 Å². The van der Waals surface area contributed by atoms with Crippen molar-refractivity contribution in [1.29, 1.82) is 0 Å². The Morgan fingerprint density at radius 1 is 0.885 bits per heavy atom. The maximum Gasteiger partial charge on any atom is 0.238 e. The van der Waals surface area contributed by atoms with Gasteiger partial charge in [0.05, 0.1) is 6.54 Å². The number of hydrogen-bond acceptors (Lipinski definition) is 3. The number of anilines is 1. The van der Waals surface area contributed by atoms with Crippen LogP contribution in [-0.4, -0.2) is 41.9 Å². The Labute approximate surface area is 155 Å². The molecule has 0 aromatic heterocycles. The van der Waals surface area contributed by atoms with E-state index < -0.39 is 0 Å². The van der Waals surface area contributed by atoms with E-state index in [1.165, 1.54) is 42.6 Å². The minimum Gasteiger partial charge on any atom is -0.325 e. The van der Waals surface area contributed by atoms with Crippen molar-refractivity contribution >= 4 is 11.6 Å². The lowest BCUT2D eigenvalue weighted by molar-refractivity contribution is -0.117. The highest BCUT2D eigenvalue weighted by atomic mass is 16.2. The van der Waals surface area contributed by atoms with Gasteiger partial charge in [-0.1, -0.05) is 36.4 Å². The molecule has 0 atom stereocenters. The molecule has 1 N–H and O–H groups in total. The zero-order valence-electron chi connectivity index (χ0n) is 15.3. The zero-order chi connectivity index (χ0) is 17.8. The van der Waals surface area contributed by atoms with Gasteiger partial charge in [-0.2, -0.15) is 0 Å². The number of benzene rings is 2. The van der Waals surface area contributed by atoms with E-state index >= 15 is 0 Å². The number of carbonyl (C=O) groups excluding carboxylic acids is 1. The molecule has 2 aromatic carbocycles. The Morgan fingerprint density at radius 2 is 1.62 bits per heavy atom. The molecule has 0 spiro atoms. The number of nitrogens with one attached hydrogen (secondary N) is 1. The highest BCUT2D eigenvalue weighted by Crippen LogP contribution is 2.19. The van der Waals surface area contributed by atoms with Crippen molar-refractivity contribution in [1.82, 2.24) is 9.80 Å². The summed E-state index contributed by atoms with van der Waals surface area (Å²) in [6.45, 7) is 5.68. The Morgan fingerprint density at radius 3 is 2.38 bits per heavy atom. The fraction of sp³-hybridized carbons (Fsp3) is 0.409. The van der Waals surface area contributed by atoms with Gasteiger partial charge in [-0.25, -0.2) is 0 Å². The fourth-order valence-electron chi connectivity index (χ4n) is 3.99. The molecule has 0 bridgehead atoms. The van der Waals surface area contributed by atoms with E-state index in [-0.39, 0.29) is 5.91 Å². The molecule has 0 saturated carbocycles. The molecule has 4 nitrogen and oxygen atoms in total. The van der Waals surface area contributed by atoms with E-state index in [2.05, 4.69) is 51.5 Å². The molecule has 1 amide bonds. The van der Waals surface area contributed by atoms with Gasteiger partial charge in [0.2, 0.25) is 5.91 Å². The minimum absolute atomic E-state index is 0.0664. The van der Waals surface area contributed by atoms with Crippen LogP contribution in [0, 0.1) is 0 Å². The molecule has 4 heteroatoms. The van der Waals surface area contributed by atoms with Crippen molar-refractivity contribution in [2.75, 3.05) is 31.5 Å². The van der Waals surface area contributed by atoms with Crippen LogP contribution in [0.15, 0.2) is 48.5 Å². The molecule has 2 aliphatic heterocycles. The van der Waals surface area contributed by atoms with Crippen molar-refractivity contribution in [2.45, 2.75) is 32.4 Å². The quantitative estimate of drug-likeness (QED) is 0.900. The van der Waals surface area contributed by atoms with Gasteiger partial charge in [-0.05, 0) is 61.2 Å². The topological polar surface area (TPSA) is 35.6 Å². The third-order valence-corrected chi connectivity index (χ3v) is 5.42. The Hall–Kier alpha value is -2.17. The Kier molecular flexibility index (Phi) is 5.32. The van der Waals surface area contributed by atoms with Gasteiger partial charge in [0.25, 0.3) is 0 Å². The Balaban J connectivity index is 1.28. The van der Waals surface area contributed by atoms with E-state index in [0.717, 1.165) is 31.7 Å². The summed E-state index contributed by atoms with van der Waals surface area (Å²) in [6, 6.07) is 16.8. The van der Waals surface area contributed by atoms with Crippen LogP contribution in [-0.2, 0) is 24.3 Å². The molecule has 0 unspecified atom stereocenters. The molecule has 0 radical (unpaired) electrons. The van der Waals surface area contributed by atoms with Crippen molar-refractivity contribution in [3.05, 3.63) is 65.2 Å². The SMILES string of the molecule is O=C(CN1CCc2ccccc2C1)Nc1ccc(CN2CCCC2)cc1. The standard InChI is InChI=1S/C22H27N3O/c26-22(17-25-14-11-19-5-1-2-6-20(19)16-25)23-21-9-7-18(8-10-21)15-24-12-3-4-13-24/h1-2,5-10H,3-4,11-17H2,(H,23,26). The molecular weight excluding hydrogens is 322 g/mol. The lowest BCUT2D eigenvalue weighted by Crippen LogP contribution is -2.37. The molecule has 136 valence electrons. The average molecular weight is 349 g/mol. The predicted octanol–water partition coefficient (Wildman–Crippen LogP) is 3.28. The molecule has 2 heterocycles. The summed E-state index contributed by atoms with van der Waals surface area (Å²) in [5, 5.41) is 3.04. The summed E-state index contributed by atoms with van der Waals surface area (Å²) < 4.78 is 0. The number of nitrogens with zero attached hydrogens (tertiary/aromatic N) is 2. The summed E-state index contributed by atoms with van der Waals surface area (Å²) in [7, 11) is 0. The summed E-state index contributed by atoms with van der Waals surface area (Å²) in [5.74, 6) is 0.0664. The van der Waals surface area contributed by atoms with E-state index in [4.69, 9.17) is 0 Å². The predicted molar refractivity (Wildman–Crippen MR) is 105 cm³/mol. The fourth-order valence-corrected chi connectivity index (χ4v) is 3.99. The van der Waals surface area contributed by atoms with E-state index in [0.29, 0.717) is 6.54 Å². The first-order valence-electron chi connectivity index (χ1n) is 9.66. The van der Waals surface area contributed by atoms with Crippen LogP contribution in [0.4, 0.5) is 5.69 Å². The van der Waals surface area contributed by atoms with Gasteiger partial charge in [0, 0.05) is 25.3 Å². The van der Waals surface area contributed by atoms with Crippen molar-refractivity contribution in [3.8, 4) is 0 Å². The summed E-state index contributed by atoms with van der Waals surface area (Å²) >= 11 is 0. The molecule has 26 heavy (non-hydrogen) atoms. The number of likely N-dealkylation sites (tertiary alicyclic amines) is 1. The first-order valence-corrected chi connectivity index (χ1v) is 9.66. The number of fused-ring (bicyclic) bond motifs is 1. The van der Waals surface area contributed by atoms with Crippen LogP contribution < -0.4 is 5.32 Å². The van der Waals surface area contributed by atoms with E-state index in [9.17, 15) is 4.79 Å². The zero-order valence-corrected chi connectivity index (χ0v) is 15.3. The highest BCUT2D eigenvalue weighted by Gasteiger charge is 2.18. The lowest BCUT2D eigenvalue weighted by Gasteiger charge is -2.28. The third kappa shape index (κ3) is 4.32. The molecule has 0 aliphatic carbocycles. The van der Waals surface area contributed by atoms with E-state index in [1.54, 1.807) is 0 Å². The van der Waals surface area contributed by atoms with Crippen LogP contribution in [0.2, 0.25) is 0 Å². The van der Waals surface area contributed by atoms with Crippen molar-refractivity contribution < 1.29 is 4.79 Å². The second-order valence-electron chi connectivity index (χ2n) is 7.46. The molecule has 2 aliphatic rings. The molecule has 1 saturated heterocycles. The summed E-state index contributed by atoms with van der Waals surface area (Å²) in [5.41, 5.74) is 4.96. The first-order chi connectivity index (χ1) is 12.8. The first kappa shape index (κ1) is 17.3. The van der Waals surface area contributed by atoms with Crippen molar-refractivity contribution in [2.24, 2.45) is 0 Å².